The Labute approximate surface area is 124 Å². The van der Waals surface area contributed by atoms with Gasteiger partial charge in [0.1, 0.15) is 5.82 Å². The Kier molecular flexibility index (Phi) is 3.53. The van der Waals surface area contributed by atoms with E-state index in [-0.39, 0.29) is 5.91 Å². The molecule has 1 aliphatic rings. The van der Waals surface area contributed by atoms with Gasteiger partial charge in [0.2, 0.25) is 0 Å². The molecule has 0 aliphatic carbocycles. The number of carbonyl (C=O) groups excluding carboxylic acids is 1. The van der Waals surface area contributed by atoms with E-state index in [1.54, 1.807) is 17.1 Å². The van der Waals surface area contributed by atoms with Crippen LogP contribution in [0.1, 0.15) is 40.6 Å². The van der Waals surface area contributed by atoms with E-state index in [0.717, 1.165) is 37.4 Å². The minimum atomic E-state index is 0.0683. The van der Waals surface area contributed by atoms with Crippen molar-refractivity contribution in [2.75, 3.05) is 13.1 Å². The Morgan fingerprint density at radius 1 is 1.33 bits per heavy atom. The number of carbonyl (C=O) groups is 1. The number of likely N-dealkylation sites (tertiary alicyclic amines) is 1. The normalized spacial score (nSPS) is 19.0. The van der Waals surface area contributed by atoms with Crippen LogP contribution < -0.4 is 0 Å². The average molecular weight is 287 g/mol. The second-order valence-electron chi connectivity index (χ2n) is 5.84. The summed E-state index contributed by atoms with van der Waals surface area (Å²) in [6, 6.07) is 0. The topological polar surface area (TPSA) is 56.0 Å². The number of hydrogen-bond acceptors (Lipinski definition) is 3. The maximum Gasteiger partial charge on any atom is 0.257 e. The largest absolute Gasteiger partial charge is 0.338 e. The second kappa shape index (κ2) is 5.35. The summed E-state index contributed by atoms with van der Waals surface area (Å²) in [7, 11) is 3.85. The van der Waals surface area contributed by atoms with Crippen molar-refractivity contribution >= 4 is 5.91 Å². The van der Waals surface area contributed by atoms with Crippen molar-refractivity contribution in [2.24, 2.45) is 14.1 Å². The lowest BCUT2D eigenvalue weighted by Crippen LogP contribution is -2.39. The molecule has 1 aliphatic heterocycles. The second-order valence-corrected chi connectivity index (χ2v) is 5.84. The molecule has 112 valence electrons. The fourth-order valence-electron chi connectivity index (χ4n) is 3.10. The van der Waals surface area contributed by atoms with E-state index >= 15 is 0 Å². The highest BCUT2D eigenvalue weighted by molar-refractivity contribution is 5.93. The Morgan fingerprint density at radius 2 is 2.14 bits per heavy atom. The fourth-order valence-corrected chi connectivity index (χ4v) is 3.10. The molecule has 0 N–H and O–H groups in total. The zero-order chi connectivity index (χ0) is 15.0. The van der Waals surface area contributed by atoms with Crippen molar-refractivity contribution in [3.8, 4) is 0 Å². The van der Waals surface area contributed by atoms with Crippen molar-refractivity contribution < 1.29 is 4.79 Å². The lowest BCUT2D eigenvalue weighted by molar-refractivity contribution is 0.0703. The maximum absolute atomic E-state index is 12.5. The highest BCUT2D eigenvalue weighted by Gasteiger charge is 2.28. The van der Waals surface area contributed by atoms with Crippen LogP contribution in [0.25, 0.3) is 0 Å². The molecule has 0 radical (unpaired) electrons. The molecule has 0 aromatic carbocycles. The number of imidazole rings is 1. The number of nitrogens with zero attached hydrogens (tertiary/aromatic N) is 5. The van der Waals surface area contributed by atoms with Gasteiger partial charge in [0, 0.05) is 45.5 Å². The monoisotopic (exact) mass is 287 g/mol. The van der Waals surface area contributed by atoms with Gasteiger partial charge >= 0.3 is 0 Å². The summed E-state index contributed by atoms with van der Waals surface area (Å²) in [5, 5.41) is 4.08. The van der Waals surface area contributed by atoms with Crippen LogP contribution >= 0.6 is 0 Å². The Balaban J connectivity index is 1.77. The Hall–Kier alpha value is -2.11. The van der Waals surface area contributed by atoms with Gasteiger partial charge in [0.05, 0.1) is 17.5 Å². The molecular weight excluding hydrogens is 266 g/mol. The molecule has 6 heteroatoms. The smallest absolute Gasteiger partial charge is 0.257 e. The van der Waals surface area contributed by atoms with Crippen molar-refractivity contribution in [3.05, 3.63) is 35.7 Å². The zero-order valence-corrected chi connectivity index (χ0v) is 12.8. The zero-order valence-electron chi connectivity index (χ0n) is 12.8. The molecule has 2 aromatic rings. The molecule has 0 spiro atoms. The van der Waals surface area contributed by atoms with Crippen LogP contribution in [0.5, 0.6) is 0 Å². The van der Waals surface area contributed by atoms with Gasteiger partial charge in [-0.2, -0.15) is 5.10 Å². The predicted molar refractivity (Wildman–Crippen MR) is 79.0 cm³/mol. The van der Waals surface area contributed by atoms with Gasteiger partial charge in [0.25, 0.3) is 5.91 Å². The van der Waals surface area contributed by atoms with Crippen molar-refractivity contribution in [2.45, 2.75) is 25.7 Å². The summed E-state index contributed by atoms with van der Waals surface area (Å²) in [6.45, 7) is 3.55. The van der Waals surface area contributed by atoms with Crippen LogP contribution in [0.2, 0.25) is 0 Å². The van der Waals surface area contributed by atoms with Crippen molar-refractivity contribution in [1.82, 2.24) is 24.2 Å². The minimum absolute atomic E-state index is 0.0683. The SMILES string of the molecule is Cc1cn(C)c([C@H]2CCCN(C(=O)c3cnn(C)c3)C2)n1. The molecule has 0 unspecified atom stereocenters. The number of amides is 1. The van der Waals surface area contributed by atoms with E-state index in [4.69, 9.17) is 0 Å². The van der Waals surface area contributed by atoms with Gasteiger partial charge in [-0.05, 0) is 19.8 Å². The average Bonchev–Trinajstić information content (AvgIpc) is 3.04. The third kappa shape index (κ3) is 2.70. The van der Waals surface area contributed by atoms with E-state index in [1.165, 1.54) is 0 Å². The van der Waals surface area contributed by atoms with Crippen LogP contribution in [0.3, 0.4) is 0 Å². The van der Waals surface area contributed by atoms with Gasteiger partial charge in [-0.25, -0.2) is 4.98 Å². The van der Waals surface area contributed by atoms with E-state index < -0.39 is 0 Å². The third-order valence-corrected chi connectivity index (χ3v) is 4.06. The molecule has 3 rings (SSSR count). The van der Waals surface area contributed by atoms with Gasteiger partial charge < -0.3 is 9.47 Å². The van der Waals surface area contributed by atoms with Crippen molar-refractivity contribution in [3.63, 3.8) is 0 Å². The Morgan fingerprint density at radius 3 is 2.76 bits per heavy atom. The summed E-state index contributed by atoms with van der Waals surface area (Å²) < 4.78 is 3.74. The van der Waals surface area contributed by atoms with Crippen molar-refractivity contribution in [1.29, 1.82) is 0 Å². The van der Waals surface area contributed by atoms with Gasteiger partial charge in [0.15, 0.2) is 0 Å². The summed E-state index contributed by atoms with van der Waals surface area (Å²) in [4.78, 5) is 19.1. The first-order chi connectivity index (χ1) is 10.0. The molecule has 1 atom stereocenters. The fraction of sp³-hybridized carbons (Fsp3) is 0.533. The highest BCUT2D eigenvalue weighted by atomic mass is 16.2. The molecule has 1 fully saturated rings. The summed E-state index contributed by atoms with van der Waals surface area (Å²) >= 11 is 0. The van der Waals surface area contributed by atoms with E-state index in [1.807, 2.05) is 32.1 Å². The number of aromatic nitrogens is 4. The first kappa shape index (κ1) is 13.9. The quantitative estimate of drug-likeness (QED) is 0.840. The molecule has 6 nitrogen and oxygen atoms in total. The Bertz CT molecular complexity index is 657. The standard InChI is InChI=1S/C15H21N5O/c1-11-8-18(2)14(17-11)12-5-4-6-20(10-12)15(21)13-7-16-19(3)9-13/h7-9,12H,4-6,10H2,1-3H3/t12-/m0/s1. The molecule has 1 saturated heterocycles. The van der Waals surface area contributed by atoms with E-state index in [0.29, 0.717) is 11.5 Å². The molecule has 0 saturated carbocycles. The molecular formula is C15H21N5O. The number of rotatable bonds is 2. The van der Waals surface area contributed by atoms with Crippen LogP contribution in [-0.2, 0) is 14.1 Å². The third-order valence-electron chi connectivity index (χ3n) is 4.06. The first-order valence-electron chi connectivity index (χ1n) is 7.32. The van der Waals surface area contributed by atoms with Gasteiger partial charge in [-0.3, -0.25) is 9.48 Å². The number of hydrogen-bond donors (Lipinski definition) is 0. The lowest BCUT2D eigenvalue weighted by Gasteiger charge is -2.32. The first-order valence-corrected chi connectivity index (χ1v) is 7.32. The van der Waals surface area contributed by atoms with Crippen LogP contribution in [-0.4, -0.2) is 43.2 Å². The lowest BCUT2D eigenvalue weighted by atomic mass is 9.96. The van der Waals surface area contributed by atoms with Crippen LogP contribution in [0.4, 0.5) is 0 Å². The summed E-state index contributed by atoms with van der Waals surface area (Å²) in [5.74, 6) is 1.47. The number of piperidine rings is 1. The van der Waals surface area contributed by atoms with Crippen LogP contribution in [0, 0.1) is 6.92 Å². The molecule has 21 heavy (non-hydrogen) atoms. The highest BCUT2D eigenvalue weighted by Crippen LogP contribution is 2.26. The summed E-state index contributed by atoms with van der Waals surface area (Å²) in [6.07, 6.45) is 7.55. The molecule has 1 amide bonds. The van der Waals surface area contributed by atoms with E-state index in [9.17, 15) is 4.79 Å². The van der Waals surface area contributed by atoms with E-state index in [2.05, 4.69) is 14.6 Å². The summed E-state index contributed by atoms with van der Waals surface area (Å²) in [5.41, 5.74) is 1.69. The molecule has 0 bridgehead atoms. The predicted octanol–water partition coefficient (Wildman–Crippen LogP) is 1.48. The maximum atomic E-state index is 12.5. The molecule has 2 aromatic heterocycles. The van der Waals surface area contributed by atoms with Gasteiger partial charge in [-0.1, -0.05) is 0 Å². The molecule has 3 heterocycles. The van der Waals surface area contributed by atoms with Gasteiger partial charge in [-0.15, -0.1) is 0 Å². The number of aryl methyl sites for hydroxylation is 3. The minimum Gasteiger partial charge on any atom is -0.338 e. The van der Waals surface area contributed by atoms with Crippen LogP contribution in [0.15, 0.2) is 18.6 Å².